The molecule has 0 aliphatic carbocycles. The van der Waals surface area contributed by atoms with Crippen molar-refractivity contribution in [1.82, 2.24) is 9.80 Å². The highest BCUT2D eigenvalue weighted by Gasteiger charge is 2.25. The number of aliphatic imine (C=N–C) groups is 1. The summed E-state index contributed by atoms with van der Waals surface area (Å²) >= 11 is 0. The highest BCUT2D eigenvalue weighted by atomic mass is 19.1. The van der Waals surface area contributed by atoms with E-state index in [9.17, 15) is 4.39 Å². The van der Waals surface area contributed by atoms with Crippen LogP contribution in [0.3, 0.4) is 0 Å². The molecule has 13 heavy (non-hydrogen) atoms. The van der Waals surface area contributed by atoms with Crippen LogP contribution < -0.4 is 0 Å². The van der Waals surface area contributed by atoms with E-state index in [1.807, 2.05) is 11.0 Å². The first-order chi connectivity index (χ1) is 6.27. The van der Waals surface area contributed by atoms with E-state index in [1.165, 1.54) is 4.90 Å². The highest BCUT2D eigenvalue weighted by Crippen LogP contribution is 2.09. The summed E-state index contributed by atoms with van der Waals surface area (Å²) in [5, 5.41) is 8.41. The zero-order valence-corrected chi connectivity index (χ0v) is 7.49. The first-order valence-corrected chi connectivity index (χ1v) is 4.18. The topological polar surface area (TPSA) is 42.6 Å². The molecule has 1 unspecified atom stereocenters. The normalized spacial score (nSPS) is 25.4. The fourth-order valence-corrected chi connectivity index (χ4v) is 1.37. The van der Waals surface area contributed by atoms with Crippen LogP contribution in [-0.2, 0) is 0 Å². The third kappa shape index (κ3) is 2.76. The summed E-state index contributed by atoms with van der Waals surface area (Å²) in [6.45, 7) is 5.65. The minimum absolute atomic E-state index is 0.163. The average Bonchev–Trinajstić information content (AvgIpc) is 2.10. The molecule has 0 amide bonds. The van der Waals surface area contributed by atoms with E-state index in [2.05, 4.69) is 11.7 Å². The number of halogens is 1. The lowest BCUT2D eigenvalue weighted by atomic mass is 10.3. The molecular weight excluding hydrogens is 171 g/mol. The van der Waals surface area contributed by atoms with Crippen molar-refractivity contribution in [1.29, 1.82) is 5.26 Å². The Kier molecular flexibility index (Phi) is 3.80. The second kappa shape index (κ2) is 4.90. The molecule has 0 saturated carbocycles. The lowest BCUT2D eigenvalue weighted by molar-refractivity contribution is 0.0102. The van der Waals surface area contributed by atoms with E-state index < -0.39 is 6.30 Å². The van der Waals surface area contributed by atoms with Crippen LogP contribution >= 0.6 is 0 Å². The van der Waals surface area contributed by atoms with E-state index >= 15 is 0 Å². The van der Waals surface area contributed by atoms with Crippen molar-refractivity contribution >= 4 is 6.72 Å². The first kappa shape index (κ1) is 10.1. The van der Waals surface area contributed by atoms with Gasteiger partial charge in [0.05, 0.1) is 19.3 Å². The molecule has 0 aromatic carbocycles. The van der Waals surface area contributed by atoms with Gasteiger partial charge in [-0.1, -0.05) is 0 Å². The van der Waals surface area contributed by atoms with Crippen molar-refractivity contribution < 1.29 is 4.39 Å². The van der Waals surface area contributed by atoms with Crippen molar-refractivity contribution in [2.75, 3.05) is 32.8 Å². The summed E-state index contributed by atoms with van der Waals surface area (Å²) in [7, 11) is 0. The molecule has 1 saturated heterocycles. The van der Waals surface area contributed by atoms with Gasteiger partial charge in [-0.25, -0.2) is 4.39 Å². The van der Waals surface area contributed by atoms with Crippen LogP contribution in [0.2, 0.25) is 0 Å². The molecule has 0 N–H and O–H groups in total. The quantitative estimate of drug-likeness (QED) is 0.354. The Hall–Kier alpha value is -0.990. The van der Waals surface area contributed by atoms with Gasteiger partial charge < -0.3 is 0 Å². The van der Waals surface area contributed by atoms with E-state index in [0.717, 1.165) is 6.54 Å². The fourth-order valence-electron chi connectivity index (χ4n) is 1.37. The molecule has 5 heteroatoms. The van der Waals surface area contributed by atoms with Gasteiger partial charge in [-0.15, -0.1) is 0 Å². The van der Waals surface area contributed by atoms with E-state index in [1.54, 1.807) is 0 Å². The second-order valence-electron chi connectivity index (χ2n) is 3.01. The summed E-state index contributed by atoms with van der Waals surface area (Å²) in [6.07, 6.45) is -1.05. The first-order valence-electron chi connectivity index (χ1n) is 4.18. The number of alkyl halides is 1. The average molecular weight is 184 g/mol. The lowest BCUT2D eigenvalue weighted by Gasteiger charge is -2.35. The van der Waals surface area contributed by atoms with Gasteiger partial charge in [0.2, 0.25) is 0 Å². The number of piperazine rings is 1. The zero-order chi connectivity index (χ0) is 9.68. The minimum Gasteiger partial charge on any atom is -0.285 e. The predicted molar refractivity (Wildman–Crippen MR) is 48.1 cm³/mol. The molecule has 1 aliphatic heterocycles. The molecule has 1 heterocycles. The standard InChI is InChI=1S/C8H13FN4/c1-11-7-12-4-5-13(3-2-10)8(9)6-12/h8H,1,3-7H2. The summed E-state index contributed by atoms with van der Waals surface area (Å²) in [5.74, 6) is 0. The lowest BCUT2D eigenvalue weighted by Crippen LogP contribution is -2.51. The molecule has 72 valence electrons. The Labute approximate surface area is 77.3 Å². The maximum absolute atomic E-state index is 13.3. The fraction of sp³-hybridized carbons (Fsp3) is 0.750. The Morgan fingerprint density at radius 1 is 1.62 bits per heavy atom. The molecule has 1 fully saturated rings. The Morgan fingerprint density at radius 2 is 2.38 bits per heavy atom. The third-order valence-electron chi connectivity index (χ3n) is 2.08. The Morgan fingerprint density at radius 3 is 2.92 bits per heavy atom. The number of hydrogen-bond donors (Lipinski definition) is 0. The monoisotopic (exact) mass is 184 g/mol. The van der Waals surface area contributed by atoms with Gasteiger partial charge in [-0.05, 0) is 6.72 Å². The summed E-state index contributed by atoms with van der Waals surface area (Å²) in [5.41, 5.74) is 0. The maximum atomic E-state index is 13.3. The van der Waals surface area contributed by atoms with Gasteiger partial charge in [0, 0.05) is 19.6 Å². The number of nitriles is 1. The molecular formula is C8H13FN4. The van der Waals surface area contributed by atoms with Crippen molar-refractivity contribution in [2.45, 2.75) is 6.30 Å². The van der Waals surface area contributed by atoms with Crippen LogP contribution in [0.5, 0.6) is 0 Å². The van der Waals surface area contributed by atoms with Crippen molar-refractivity contribution in [3.05, 3.63) is 0 Å². The molecule has 0 spiro atoms. The van der Waals surface area contributed by atoms with Crippen LogP contribution in [0.15, 0.2) is 4.99 Å². The summed E-state index contributed by atoms with van der Waals surface area (Å²) < 4.78 is 13.3. The third-order valence-corrected chi connectivity index (χ3v) is 2.08. The van der Waals surface area contributed by atoms with Crippen LogP contribution in [0, 0.1) is 11.3 Å². The maximum Gasteiger partial charge on any atom is 0.167 e. The SMILES string of the molecule is C=NCN1CCN(CC#N)C(F)C1. The van der Waals surface area contributed by atoms with Crippen molar-refractivity contribution in [3.63, 3.8) is 0 Å². The van der Waals surface area contributed by atoms with E-state index in [-0.39, 0.29) is 6.54 Å². The van der Waals surface area contributed by atoms with Crippen molar-refractivity contribution in [2.24, 2.45) is 4.99 Å². The minimum atomic E-state index is -1.05. The molecule has 0 aromatic rings. The highest BCUT2D eigenvalue weighted by molar-refractivity contribution is 5.22. The molecule has 1 rings (SSSR count). The Balaban J connectivity index is 2.37. The molecule has 1 aliphatic rings. The van der Waals surface area contributed by atoms with Gasteiger partial charge >= 0.3 is 0 Å². The largest absolute Gasteiger partial charge is 0.285 e. The number of hydrogen-bond acceptors (Lipinski definition) is 4. The van der Waals surface area contributed by atoms with Gasteiger partial charge in [-0.3, -0.25) is 14.8 Å². The number of nitrogens with zero attached hydrogens (tertiary/aromatic N) is 4. The molecule has 0 bridgehead atoms. The van der Waals surface area contributed by atoms with Crippen LogP contribution in [0.25, 0.3) is 0 Å². The predicted octanol–water partition coefficient (Wildman–Crippen LogP) is 0.0813. The summed E-state index contributed by atoms with van der Waals surface area (Å²) in [4.78, 5) is 7.10. The van der Waals surface area contributed by atoms with Gasteiger partial charge in [0.25, 0.3) is 0 Å². The van der Waals surface area contributed by atoms with Crippen LogP contribution in [0.1, 0.15) is 0 Å². The van der Waals surface area contributed by atoms with Gasteiger partial charge in [-0.2, -0.15) is 5.26 Å². The van der Waals surface area contributed by atoms with E-state index in [0.29, 0.717) is 19.8 Å². The van der Waals surface area contributed by atoms with E-state index in [4.69, 9.17) is 5.26 Å². The molecule has 4 nitrogen and oxygen atoms in total. The van der Waals surface area contributed by atoms with Gasteiger partial charge in [0.1, 0.15) is 0 Å². The molecule has 0 radical (unpaired) electrons. The second-order valence-corrected chi connectivity index (χ2v) is 3.01. The molecule has 1 atom stereocenters. The Bertz CT molecular complexity index is 213. The van der Waals surface area contributed by atoms with Crippen LogP contribution in [-0.4, -0.2) is 55.7 Å². The van der Waals surface area contributed by atoms with Gasteiger partial charge in [0.15, 0.2) is 6.30 Å². The van der Waals surface area contributed by atoms with Crippen LogP contribution in [0.4, 0.5) is 4.39 Å². The zero-order valence-electron chi connectivity index (χ0n) is 7.49. The van der Waals surface area contributed by atoms with Crippen molar-refractivity contribution in [3.8, 4) is 6.07 Å². The molecule has 0 aromatic heterocycles. The smallest absolute Gasteiger partial charge is 0.167 e. The number of rotatable bonds is 3. The summed E-state index contributed by atoms with van der Waals surface area (Å²) in [6, 6.07) is 1.95.